The molecule has 1 aliphatic rings. The fraction of sp³-hybridized carbons (Fsp3) is 0.400. The number of fused-ring (bicyclic) bond motifs is 1. The minimum atomic E-state index is -2.59. The first kappa shape index (κ1) is 14.6. The molecule has 3 rings (SSSR count). The maximum atomic E-state index is 12.7. The molecule has 2 heterocycles. The Kier molecular flexibility index (Phi) is 4.13. The Morgan fingerprint density at radius 2 is 2.18 bits per heavy atom. The third-order valence-corrected chi connectivity index (χ3v) is 3.74. The van der Waals surface area contributed by atoms with Crippen LogP contribution in [0.2, 0.25) is 0 Å². The third-order valence-electron chi connectivity index (χ3n) is 3.74. The van der Waals surface area contributed by atoms with Gasteiger partial charge in [-0.15, -0.1) is 10.2 Å². The Labute approximate surface area is 126 Å². The van der Waals surface area contributed by atoms with E-state index in [4.69, 9.17) is 0 Å². The molecule has 0 fully saturated rings. The average Bonchev–Trinajstić information content (AvgIpc) is 2.96. The summed E-state index contributed by atoms with van der Waals surface area (Å²) in [5, 5.41) is 10.9. The van der Waals surface area contributed by atoms with Gasteiger partial charge in [0.05, 0.1) is 6.54 Å². The number of nitrogens with one attached hydrogen (secondary N) is 1. The van der Waals surface area contributed by atoms with Crippen LogP contribution in [0.4, 0.5) is 8.78 Å². The summed E-state index contributed by atoms with van der Waals surface area (Å²) in [5.41, 5.74) is 0.0590. The number of alkyl halides is 2. The van der Waals surface area contributed by atoms with Crippen molar-refractivity contribution in [3.63, 3.8) is 0 Å². The summed E-state index contributed by atoms with van der Waals surface area (Å²) >= 11 is 0. The van der Waals surface area contributed by atoms with Crippen LogP contribution in [0.3, 0.4) is 0 Å². The van der Waals surface area contributed by atoms with Gasteiger partial charge in [-0.25, -0.2) is 8.78 Å². The lowest BCUT2D eigenvalue weighted by atomic mass is 10.1. The molecule has 0 unspecified atom stereocenters. The molecule has 1 aromatic heterocycles. The van der Waals surface area contributed by atoms with Gasteiger partial charge in [0.1, 0.15) is 5.82 Å². The van der Waals surface area contributed by atoms with Crippen molar-refractivity contribution in [2.24, 2.45) is 0 Å². The summed E-state index contributed by atoms with van der Waals surface area (Å²) in [7, 11) is 0. The molecule has 0 saturated carbocycles. The number of rotatable bonds is 4. The quantitative estimate of drug-likeness (QED) is 0.944. The fourth-order valence-electron chi connectivity index (χ4n) is 2.58. The van der Waals surface area contributed by atoms with Crippen LogP contribution >= 0.6 is 0 Å². The Bertz CT molecular complexity index is 684. The molecule has 0 bridgehead atoms. The first-order valence-electron chi connectivity index (χ1n) is 7.22. The maximum absolute atomic E-state index is 12.7. The minimum Gasteiger partial charge on any atom is -0.345 e. The van der Waals surface area contributed by atoms with Gasteiger partial charge in [0.15, 0.2) is 5.82 Å². The summed E-state index contributed by atoms with van der Waals surface area (Å²) < 4.78 is 27.3. The molecule has 0 atom stereocenters. The Morgan fingerprint density at radius 1 is 1.32 bits per heavy atom. The van der Waals surface area contributed by atoms with Crippen molar-refractivity contribution >= 4 is 5.91 Å². The average molecular weight is 306 g/mol. The molecule has 0 radical (unpaired) electrons. The number of carbonyl (C=O) groups is 1. The molecule has 0 saturated heterocycles. The molecule has 5 nitrogen and oxygen atoms in total. The van der Waals surface area contributed by atoms with Crippen molar-refractivity contribution < 1.29 is 13.6 Å². The summed E-state index contributed by atoms with van der Waals surface area (Å²) in [6, 6.07) is 5.48. The monoisotopic (exact) mass is 306 g/mol. The topological polar surface area (TPSA) is 59.8 Å². The standard InChI is InChI=1S/C15H16F2N4O/c16-14(17)10-4-3-5-11(8-10)15(22)18-9-13-20-19-12-6-1-2-7-21(12)13/h3-5,8,14H,1-2,6-7,9H2,(H,18,22). The maximum Gasteiger partial charge on any atom is 0.263 e. The van der Waals surface area contributed by atoms with Crippen molar-refractivity contribution in [2.75, 3.05) is 0 Å². The summed E-state index contributed by atoms with van der Waals surface area (Å²) in [6.07, 6.45) is 0.487. The fourth-order valence-corrected chi connectivity index (χ4v) is 2.58. The zero-order valence-electron chi connectivity index (χ0n) is 11.9. The first-order valence-corrected chi connectivity index (χ1v) is 7.22. The summed E-state index contributed by atoms with van der Waals surface area (Å²) in [6.45, 7) is 1.10. The predicted molar refractivity (Wildman–Crippen MR) is 75.5 cm³/mol. The van der Waals surface area contributed by atoms with Crippen LogP contribution < -0.4 is 5.32 Å². The second-order valence-electron chi connectivity index (χ2n) is 5.25. The molecule has 0 spiro atoms. The van der Waals surface area contributed by atoms with Crippen molar-refractivity contribution in [3.05, 3.63) is 47.0 Å². The van der Waals surface area contributed by atoms with Crippen molar-refractivity contribution in [2.45, 2.75) is 38.8 Å². The summed E-state index contributed by atoms with van der Waals surface area (Å²) in [5.74, 6) is 1.25. The van der Waals surface area contributed by atoms with Crippen LogP contribution in [0.5, 0.6) is 0 Å². The highest BCUT2D eigenvalue weighted by Gasteiger charge is 2.17. The highest BCUT2D eigenvalue weighted by molar-refractivity contribution is 5.94. The largest absolute Gasteiger partial charge is 0.345 e. The van der Waals surface area contributed by atoms with E-state index in [0.717, 1.165) is 31.6 Å². The second kappa shape index (κ2) is 6.21. The van der Waals surface area contributed by atoms with Crippen molar-refractivity contribution in [3.8, 4) is 0 Å². The molecule has 22 heavy (non-hydrogen) atoms. The molecule has 0 aliphatic carbocycles. The summed E-state index contributed by atoms with van der Waals surface area (Å²) in [4.78, 5) is 12.1. The smallest absolute Gasteiger partial charge is 0.263 e. The lowest BCUT2D eigenvalue weighted by Crippen LogP contribution is -2.25. The Balaban J connectivity index is 1.67. The van der Waals surface area contributed by atoms with Crippen LogP contribution in [0.15, 0.2) is 24.3 Å². The molecule has 1 amide bonds. The van der Waals surface area contributed by atoms with E-state index in [2.05, 4.69) is 15.5 Å². The van der Waals surface area contributed by atoms with Gasteiger partial charge in [0, 0.05) is 24.1 Å². The van der Waals surface area contributed by atoms with Gasteiger partial charge in [0.25, 0.3) is 12.3 Å². The molecule has 2 aromatic rings. The van der Waals surface area contributed by atoms with Gasteiger partial charge >= 0.3 is 0 Å². The van der Waals surface area contributed by atoms with Gasteiger partial charge in [-0.3, -0.25) is 4.79 Å². The SMILES string of the molecule is O=C(NCc1nnc2n1CCCC2)c1cccc(C(F)F)c1. The molecule has 1 aromatic carbocycles. The van der Waals surface area contributed by atoms with Crippen molar-refractivity contribution in [1.82, 2.24) is 20.1 Å². The minimum absolute atomic E-state index is 0.160. The molecule has 1 N–H and O–H groups in total. The van der Waals surface area contributed by atoms with Gasteiger partial charge in [-0.1, -0.05) is 12.1 Å². The normalized spacial score (nSPS) is 14.0. The molecular weight excluding hydrogens is 290 g/mol. The van der Waals surface area contributed by atoms with Gasteiger partial charge in [-0.2, -0.15) is 0 Å². The van der Waals surface area contributed by atoms with Crippen molar-refractivity contribution in [1.29, 1.82) is 0 Å². The van der Waals surface area contributed by atoms with Gasteiger partial charge in [0.2, 0.25) is 0 Å². The van der Waals surface area contributed by atoms with E-state index in [1.165, 1.54) is 24.3 Å². The van der Waals surface area contributed by atoms with E-state index in [-0.39, 0.29) is 17.7 Å². The van der Waals surface area contributed by atoms with E-state index in [1.807, 2.05) is 4.57 Å². The number of benzene rings is 1. The number of amides is 1. The van der Waals surface area contributed by atoms with E-state index >= 15 is 0 Å². The third kappa shape index (κ3) is 2.98. The number of aryl methyl sites for hydroxylation is 1. The Morgan fingerprint density at radius 3 is 3.00 bits per heavy atom. The van der Waals surface area contributed by atoms with E-state index in [1.54, 1.807) is 0 Å². The number of nitrogens with zero attached hydrogens (tertiary/aromatic N) is 3. The van der Waals surface area contributed by atoms with Crippen LogP contribution in [-0.4, -0.2) is 20.7 Å². The highest BCUT2D eigenvalue weighted by atomic mass is 19.3. The van der Waals surface area contributed by atoms with E-state index in [9.17, 15) is 13.6 Å². The lowest BCUT2D eigenvalue weighted by molar-refractivity contribution is 0.0948. The number of aromatic nitrogens is 3. The van der Waals surface area contributed by atoms with E-state index < -0.39 is 12.3 Å². The number of halogens is 2. The second-order valence-corrected chi connectivity index (χ2v) is 5.25. The first-order chi connectivity index (χ1) is 10.6. The van der Waals surface area contributed by atoms with Gasteiger partial charge < -0.3 is 9.88 Å². The lowest BCUT2D eigenvalue weighted by Gasteiger charge is -2.14. The predicted octanol–water partition coefficient (Wildman–Crippen LogP) is 2.48. The Hall–Kier alpha value is -2.31. The van der Waals surface area contributed by atoms with Crippen LogP contribution in [0.1, 0.15) is 46.8 Å². The number of hydrogen-bond donors (Lipinski definition) is 1. The van der Waals surface area contributed by atoms with Gasteiger partial charge in [-0.05, 0) is 25.0 Å². The zero-order valence-corrected chi connectivity index (χ0v) is 11.9. The van der Waals surface area contributed by atoms with E-state index in [0.29, 0.717) is 5.82 Å². The molecule has 116 valence electrons. The highest BCUT2D eigenvalue weighted by Crippen LogP contribution is 2.19. The molecule has 1 aliphatic heterocycles. The number of hydrogen-bond acceptors (Lipinski definition) is 3. The van der Waals surface area contributed by atoms with Crippen LogP contribution in [0.25, 0.3) is 0 Å². The molecular formula is C15H16F2N4O. The number of carbonyl (C=O) groups excluding carboxylic acids is 1. The van der Waals surface area contributed by atoms with Crippen LogP contribution in [0, 0.1) is 0 Å². The zero-order chi connectivity index (χ0) is 15.5. The molecule has 7 heteroatoms. The van der Waals surface area contributed by atoms with Crippen LogP contribution in [-0.2, 0) is 19.5 Å².